The Morgan fingerprint density at radius 2 is 1.68 bits per heavy atom. The molecule has 2 aromatic carbocycles. The van der Waals surface area contributed by atoms with Crippen LogP contribution in [0.3, 0.4) is 0 Å². The minimum atomic E-state index is -4.64. The van der Waals surface area contributed by atoms with E-state index in [1.165, 1.54) is 18.2 Å². The minimum Gasteiger partial charge on any atom is -0.276 e. The average molecular weight is 389 g/mol. The van der Waals surface area contributed by atoms with Gasteiger partial charge in [-0.2, -0.15) is 13.2 Å². The molecule has 1 aliphatic heterocycles. The third-order valence-electron chi connectivity index (χ3n) is 4.13. The van der Waals surface area contributed by atoms with Crippen molar-refractivity contribution >= 4 is 35.4 Å². The monoisotopic (exact) mass is 389 g/mol. The molecule has 3 rings (SSSR count). The largest absolute Gasteiger partial charge is 0.418 e. The van der Waals surface area contributed by atoms with Crippen molar-refractivity contribution in [3.05, 3.63) is 59.7 Å². The Balaban J connectivity index is 1.96. The third kappa shape index (κ3) is 3.64. The van der Waals surface area contributed by atoms with Gasteiger partial charge in [0.15, 0.2) is 5.92 Å². The number of imide groups is 2. The normalized spacial score (nSPS) is 17.9. The SMILES string of the molecule is Cc1ccccc1N1C(=O)NC(=O)[C@H](C=Nc2ccccc2C(F)(F)F)C1=O. The summed E-state index contributed by atoms with van der Waals surface area (Å²) < 4.78 is 39.2. The summed E-state index contributed by atoms with van der Waals surface area (Å²) in [4.78, 5) is 41.5. The molecule has 0 aromatic heterocycles. The van der Waals surface area contributed by atoms with Crippen molar-refractivity contribution in [2.75, 3.05) is 4.90 Å². The van der Waals surface area contributed by atoms with Crippen LogP contribution in [0.2, 0.25) is 0 Å². The molecule has 0 bridgehead atoms. The Labute approximate surface area is 157 Å². The summed E-state index contributed by atoms with van der Waals surface area (Å²) in [7, 11) is 0. The zero-order valence-electron chi connectivity index (χ0n) is 14.5. The second kappa shape index (κ2) is 7.26. The lowest BCUT2D eigenvalue weighted by atomic mass is 10.0. The first kappa shape index (κ1) is 19.3. The number of amides is 4. The van der Waals surface area contributed by atoms with Gasteiger partial charge in [0.05, 0.1) is 16.9 Å². The number of carbonyl (C=O) groups is 3. The Hall–Kier alpha value is -3.49. The number of alkyl halides is 3. The Kier molecular flexibility index (Phi) is 5.00. The molecule has 1 N–H and O–H groups in total. The molecule has 2 aromatic rings. The van der Waals surface area contributed by atoms with Crippen LogP contribution in [0.5, 0.6) is 0 Å². The lowest BCUT2D eigenvalue weighted by Gasteiger charge is -2.29. The molecule has 28 heavy (non-hydrogen) atoms. The van der Waals surface area contributed by atoms with E-state index in [9.17, 15) is 27.6 Å². The van der Waals surface area contributed by atoms with E-state index in [2.05, 4.69) is 4.99 Å². The van der Waals surface area contributed by atoms with E-state index < -0.39 is 41.2 Å². The Morgan fingerprint density at radius 3 is 2.36 bits per heavy atom. The number of para-hydroxylation sites is 2. The van der Waals surface area contributed by atoms with Crippen LogP contribution in [0.4, 0.5) is 29.3 Å². The van der Waals surface area contributed by atoms with E-state index in [1.807, 2.05) is 5.32 Å². The first-order chi connectivity index (χ1) is 13.2. The minimum absolute atomic E-state index is 0.270. The van der Waals surface area contributed by atoms with Gasteiger partial charge in [0.25, 0.3) is 5.91 Å². The molecule has 0 saturated carbocycles. The summed E-state index contributed by atoms with van der Waals surface area (Å²) >= 11 is 0. The van der Waals surface area contributed by atoms with Crippen LogP contribution < -0.4 is 10.2 Å². The third-order valence-corrected chi connectivity index (χ3v) is 4.13. The molecule has 1 saturated heterocycles. The predicted octanol–water partition coefficient (Wildman–Crippen LogP) is 3.62. The van der Waals surface area contributed by atoms with E-state index in [0.29, 0.717) is 5.56 Å². The van der Waals surface area contributed by atoms with Crippen LogP contribution >= 0.6 is 0 Å². The van der Waals surface area contributed by atoms with Gasteiger partial charge in [-0.25, -0.2) is 9.69 Å². The molecule has 6 nitrogen and oxygen atoms in total. The van der Waals surface area contributed by atoms with Crippen LogP contribution in [-0.4, -0.2) is 24.1 Å². The molecule has 9 heteroatoms. The number of hydrogen-bond donors (Lipinski definition) is 1. The van der Waals surface area contributed by atoms with E-state index >= 15 is 0 Å². The van der Waals surface area contributed by atoms with Crippen molar-refractivity contribution in [2.24, 2.45) is 10.9 Å². The number of aryl methyl sites for hydroxylation is 1. The van der Waals surface area contributed by atoms with Gasteiger partial charge in [-0.05, 0) is 30.7 Å². The molecular weight excluding hydrogens is 375 g/mol. The summed E-state index contributed by atoms with van der Waals surface area (Å²) in [5, 5.41) is 2.03. The quantitative estimate of drug-likeness (QED) is 0.643. The summed E-state index contributed by atoms with van der Waals surface area (Å²) in [6.45, 7) is 1.68. The van der Waals surface area contributed by atoms with Gasteiger partial charge < -0.3 is 0 Å². The molecule has 0 radical (unpaired) electrons. The van der Waals surface area contributed by atoms with Crippen LogP contribution in [-0.2, 0) is 15.8 Å². The lowest BCUT2D eigenvalue weighted by Crippen LogP contribution is -2.58. The van der Waals surface area contributed by atoms with Gasteiger partial charge in [-0.15, -0.1) is 0 Å². The number of anilines is 1. The maximum atomic E-state index is 13.1. The lowest BCUT2D eigenvalue weighted by molar-refractivity contribution is -0.137. The standard InChI is InChI=1S/C19H14F3N3O3/c1-11-6-2-5-9-15(11)25-17(27)12(16(26)24-18(25)28)10-23-14-8-4-3-7-13(14)19(20,21)22/h2-10,12H,1H3,(H,24,26,28)/t12-/m0/s1. The van der Waals surface area contributed by atoms with E-state index in [-0.39, 0.29) is 5.69 Å². The Bertz CT molecular complexity index is 986. The second-order valence-electron chi connectivity index (χ2n) is 6.03. The van der Waals surface area contributed by atoms with Gasteiger partial charge in [0.1, 0.15) is 0 Å². The second-order valence-corrected chi connectivity index (χ2v) is 6.03. The maximum absolute atomic E-state index is 13.1. The van der Waals surface area contributed by atoms with Crippen molar-refractivity contribution in [2.45, 2.75) is 13.1 Å². The van der Waals surface area contributed by atoms with Gasteiger partial charge in [-0.3, -0.25) is 19.9 Å². The number of carbonyl (C=O) groups excluding carboxylic acids is 3. The summed E-state index contributed by atoms with van der Waals surface area (Å²) in [6.07, 6.45) is -3.82. The van der Waals surface area contributed by atoms with Crippen molar-refractivity contribution in [3.8, 4) is 0 Å². The summed E-state index contributed by atoms with van der Waals surface area (Å²) in [6, 6.07) is 10.1. The predicted molar refractivity (Wildman–Crippen MR) is 95.3 cm³/mol. The molecule has 0 aliphatic carbocycles. The topological polar surface area (TPSA) is 78.8 Å². The van der Waals surface area contributed by atoms with Crippen LogP contribution in [0.25, 0.3) is 0 Å². The first-order valence-electron chi connectivity index (χ1n) is 8.15. The number of hydrogen-bond acceptors (Lipinski definition) is 4. The highest BCUT2D eigenvalue weighted by atomic mass is 19.4. The van der Waals surface area contributed by atoms with Crippen LogP contribution in [0, 0.1) is 12.8 Å². The van der Waals surface area contributed by atoms with Gasteiger partial charge in [0.2, 0.25) is 5.91 Å². The van der Waals surface area contributed by atoms with E-state index in [0.717, 1.165) is 23.2 Å². The molecule has 1 aliphatic rings. The summed E-state index contributed by atoms with van der Waals surface area (Å²) in [5.74, 6) is -3.39. The summed E-state index contributed by atoms with van der Waals surface area (Å²) in [5.41, 5.74) is -0.554. The fraction of sp³-hybridized carbons (Fsp3) is 0.158. The number of aliphatic imine (C=N–C) groups is 1. The number of halogens is 3. The fourth-order valence-corrected chi connectivity index (χ4v) is 2.75. The molecule has 1 fully saturated rings. The van der Waals surface area contributed by atoms with E-state index in [1.54, 1.807) is 25.1 Å². The van der Waals surface area contributed by atoms with Crippen LogP contribution in [0.15, 0.2) is 53.5 Å². The van der Waals surface area contributed by atoms with E-state index in [4.69, 9.17) is 0 Å². The molecule has 4 amide bonds. The number of nitrogens with zero attached hydrogens (tertiary/aromatic N) is 2. The molecule has 0 spiro atoms. The van der Waals surface area contributed by atoms with Crippen LogP contribution in [0.1, 0.15) is 11.1 Å². The van der Waals surface area contributed by atoms with Crippen molar-refractivity contribution in [1.29, 1.82) is 0 Å². The highest BCUT2D eigenvalue weighted by Gasteiger charge is 2.41. The zero-order chi connectivity index (χ0) is 20.5. The highest BCUT2D eigenvalue weighted by molar-refractivity contribution is 6.32. The molecule has 0 unspecified atom stereocenters. The fourth-order valence-electron chi connectivity index (χ4n) is 2.75. The molecule has 144 valence electrons. The molecule has 1 atom stereocenters. The number of nitrogens with one attached hydrogen (secondary N) is 1. The number of barbiturate groups is 1. The van der Waals surface area contributed by atoms with Crippen molar-refractivity contribution in [3.63, 3.8) is 0 Å². The Morgan fingerprint density at radius 1 is 1.04 bits per heavy atom. The van der Waals surface area contributed by atoms with Gasteiger partial charge >= 0.3 is 12.2 Å². The molecular formula is C19H14F3N3O3. The van der Waals surface area contributed by atoms with Gasteiger partial charge in [-0.1, -0.05) is 30.3 Å². The maximum Gasteiger partial charge on any atom is 0.418 e. The first-order valence-corrected chi connectivity index (χ1v) is 8.15. The number of urea groups is 1. The van der Waals surface area contributed by atoms with Gasteiger partial charge in [0, 0.05) is 6.21 Å². The van der Waals surface area contributed by atoms with Crippen molar-refractivity contribution < 1.29 is 27.6 Å². The molecule has 1 heterocycles. The highest BCUT2D eigenvalue weighted by Crippen LogP contribution is 2.36. The zero-order valence-corrected chi connectivity index (χ0v) is 14.5. The van der Waals surface area contributed by atoms with Crippen molar-refractivity contribution in [1.82, 2.24) is 5.32 Å². The number of benzene rings is 2. The smallest absolute Gasteiger partial charge is 0.276 e. The number of rotatable bonds is 3. The average Bonchev–Trinajstić information content (AvgIpc) is 2.62.